The van der Waals surface area contributed by atoms with E-state index in [-0.39, 0.29) is 11.3 Å². The molecule has 110 valence electrons. The highest BCUT2D eigenvalue weighted by atomic mass is 16.5. The molecule has 0 heterocycles. The molecule has 5 nitrogen and oxygen atoms in total. The van der Waals surface area contributed by atoms with Gasteiger partial charge in [0.1, 0.15) is 11.5 Å². The van der Waals surface area contributed by atoms with Crippen LogP contribution >= 0.6 is 0 Å². The number of benzene rings is 2. The van der Waals surface area contributed by atoms with Gasteiger partial charge >= 0.3 is 5.97 Å². The van der Waals surface area contributed by atoms with Gasteiger partial charge in [-0.1, -0.05) is 18.2 Å². The summed E-state index contributed by atoms with van der Waals surface area (Å²) in [6, 6.07) is 14.1. The molecular weight excluding hydrogens is 270 g/mol. The molecule has 21 heavy (non-hydrogen) atoms. The Morgan fingerprint density at radius 3 is 2.33 bits per heavy atom. The second-order valence-corrected chi connectivity index (χ2v) is 4.42. The molecule has 0 bridgehead atoms. The zero-order valence-electron chi connectivity index (χ0n) is 11.5. The van der Waals surface area contributed by atoms with Gasteiger partial charge in [0.25, 0.3) is 0 Å². The molecule has 2 aromatic rings. The van der Waals surface area contributed by atoms with E-state index in [2.05, 4.69) is 0 Å². The van der Waals surface area contributed by atoms with Crippen LogP contribution in [0.4, 0.5) is 5.69 Å². The number of para-hydroxylation sites is 1. The third-order valence-corrected chi connectivity index (χ3v) is 2.82. The highest BCUT2D eigenvalue weighted by Crippen LogP contribution is 2.20. The average Bonchev–Trinajstić information content (AvgIpc) is 2.49. The molecule has 0 amide bonds. The number of nitrogen functional groups attached to an aromatic ring is 1. The fourth-order valence-corrected chi connectivity index (χ4v) is 1.77. The monoisotopic (exact) mass is 287 g/mol. The minimum Gasteiger partial charge on any atom is -0.493 e. The molecule has 0 unspecified atom stereocenters. The number of aromatic carboxylic acids is 1. The summed E-state index contributed by atoms with van der Waals surface area (Å²) >= 11 is 0. The van der Waals surface area contributed by atoms with Crippen LogP contribution in [0.1, 0.15) is 16.8 Å². The van der Waals surface area contributed by atoms with Gasteiger partial charge in [0.05, 0.1) is 18.8 Å². The summed E-state index contributed by atoms with van der Waals surface area (Å²) in [4.78, 5) is 11.0. The van der Waals surface area contributed by atoms with E-state index < -0.39 is 5.97 Å². The highest BCUT2D eigenvalue weighted by Gasteiger charge is 2.09. The van der Waals surface area contributed by atoms with E-state index in [1.165, 1.54) is 12.1 Å². The third kappa shape index (κ3) is 4.42. The van der Waals surface area contributed by atoms with Crippen molar-refractivity contribution >= 4 is 11.7 Å². The van der Waals surface area contributed by atoms with Gasteiger partial charge in [0, 0.05) is 12.1 Å². The molecular formula is C16H17NO4. The zero-order valence-corrected chi connectivity index (χ0v) is 11.5. The van der Waals surface area contributed by atoms with Gasteiger partial charge in [0.15, 0.2) is 0 Å². The molecule has 0 fully saturated rings. The standard InChI is InChI=1S/C16H17NO4/c17-15-8-7-13(11-14(15)16(18)19)21-10-4-9-20-12-5-2-1-3-6-12/h1-3,5-8,11H,4,9-10,17H2,(H,18,19). The first-order valence-corrected chi connectivity index (χ1v) is 6.60. The summed E-state index contributed by atoms with van der Waals surface area (Å²) in [6.07, 6.45) is 0.696. The molecule has 0 aliphatic rings. The molecule has 0 aliphatic heterocycles. The van der Waals surface area contributed by atoms with Gasteiger partial charge in [-0.3, -0.25) is 0 Å². The Morgan fingerprint density at radius 2 is 1.67 bits per heavy atom. The Labute approximate surface area is 122 Å². The Kier molecular flexibility index (Phi) is 5.04. The topological polar surface area (TPSA) is 81.8 Å². The summed E-state index contributed by atoms with van der Waals surface area (Å²) in [5.41, 5.74) is 5.85. The summed E-state index contributed by atoms with van der Waals surface area (Å²) in [5, 5.41) is 8.97. The van der Waals surface area contributed by atoms with E-state index in [9.17, 15) is 4.79 Å². The van der Waals surface area contributed by atoms with Gasteiger partial charge in [-0.05, 0) is 30.3 Å². The van der Waals surface area contributed by atoms with E-state index >= 15 is 0 Å². The lowest BCUT2D eigenvalue weighted by Gasteiger charge is -2.09. The van der Waals surface area contributed by atoms with Gasteiger partial charge in [-0.2, -0.15) is 0 Å². The summed E-state index contributed by atoms with van der Waals surface area (Å²) in [5.74, 6) is 0.241. The lowest BCUT2D eigenvalue weighted by Crippen LogP contribution is -2.06. The molecule has 0 aliphatic carbocycles. The van der Waals surface area contributed by atoms with Crippen LogP contribution in [0, 0.1) is 0 Å². The maximum absolute atomic E-state index is 11.0. The van der Waals surface area contributed by atoms with Crippen LogP contribution in [0.5, 0.6) is 11.5 Å². The van der Waals surface area contributed by atoms with Gasteiger partial charge in [-0.15, -0.1) is 0 Å². The number of carboxylic acids is 1. The van der Waals surface area contributed by atoms with Crippen LogP contribution in [0.25, 0.3) is 0 Å². The SMILES string of the molecule is Nc1ccc(OCCCOc2ccccc2)cc1C(=O)O. The number of rotatable bonds is 7. The smallest absolute Gasteiger partial charge is 0.337 e. The molecule has 2 rings (SSSR count). The first kappa shape index (κ1) is 14.7. The number of ether oxygens (including phenoxy) is 2. The Bertz CT molecular complexity index is 598. The first-order chi connectivity index (χ1) is 10.2. The minimum atomic E-state index is -1.06. The van der Waals surface area contributed by atoms with Crippen molar-refractivity contribution in [3.63, 3.8) is 0 Å². The number of hydrogen-bond donors (Lipinski definition) is 2. The maximum Gasteiger partial charge on any atom is 0.337 e. The predicted octanol–water partition coefficient (Wildman–Crippen LogP) is 2.81. The van der Waals surface area contributed by atoms with Gasteiger partial charge in [-0.25, -0.2) is 4.79 Å². The number of carbonyl (C=O) groups is 1. The molecule has 0 spiro atoms. The molecule has 5 heteroatoms. The van der Waals surface area contributed by atoms with Crippen LogP contribution in [0.15, 0.2) is 48.5 Å². The van der Waals surface area contributed by atoms with Crippen LogP contribution < -0.4 is 15.2 Å². The molecule has 0 saturated carbocycles. The third-order valence-electron chi connectivity index (χ3n) is 2.82. The molecule has 0 radical (unpaired) electrons. The minimum absolute atomic E-state index is 0.0491. The fourth-order valence-electron chi connectivity index (χ4n) is 1.77. The van der Waals surface area contributed by atoms with Gasteiger partial charge in [0.2, 0.25) is 0 Å². The van der Waals surface area contributed by atoms with E-state index in [4.69, 9.17) is 20.3 Å². The van der Waals surface area contributed by atoms with Crippen LogP contribution in [0.3, 0.4) is 0 Å². The largest absolute Gasteiger partial charge is 0.493 e. The van der Waals surface area contributed by atoms with Crippen molar-refractivity contribution in [2.24, 2.45) is 0 Å². The highest BCUT2D eigenvalue weighted by molar-refractivity contribution is 5.94. The number of carboxylic acid groups (broad SMARTS) is 1. The fraction of sp³-hybridized carbons (Fsp3) is 0.188. The normalized spacial score (nSPS) is 10.1. The number of hydrogen-bond acceptors (Lipinski definition) is 4. The van der Waals surface area contributed by atoms with Gasteiger partial charge < -0.3 is 20.3 Å². The summed E-state index contributed by atoms with van der Waals surface area (Å²) < 4.78 is 11.0. The van der Waals surface area contributed by atoms with E-state index in [1.54, 1.807) is 6.07 Å². The molecule has 2 aromatic carbocycles. The quantitative estimate of drug-likeness (QED) is 0.604. The maximum atomic E-state index is 11.0. The Balaban J connectivity index is 1.76. The van der Waals surface area contributed by atoms with Crippen molar-refractivity contribution in [3.8, 4) is 11.5 Å². The van der Waals surface area contributed by atoms with Crippen molar-refractivity contribution in [1.29, 1.82) is 0 Å². The molecule has 0 saturated heterocycles. The average molecular weight is 287 g/mol. The molecule has 0 atom stereocenters. The second-order valence-electron chi connectivity index (χ2n) is 4.42. The zero-order chi connectivity index (χ0) is 15.1. The summed E-state index contributed by atoms with van der Waals surface area (Å²) in [6.45, 7) is 0.973. The lowest BCUT2D eigenvalue weighted by atomic mass is 10.2. The molecule has 0 aromatic heterocycles. The van der Waals surface area contributed by atoms with E-state index in [1.807, 2.05) is 30.3 Å². The van der Waals surface area contributed by atoms with E-state index in [0.717, 1.165) is 5.75 Å². The molecule has 3 N–H and O–H groups in total. The lowest BCUT2D eigenvalue weighted by molar-refractivity contribution is 0.0697. The van der Waals surface area contributed by atoms with Crippen LogP contribution in [0.2, 0.25) is 0 Å². The van der Waals surface area contributed by atoms with E-state index in [0.29, 0.717) is 25.4 Å². The van der Waals surface area contributed by atoms with Crippen LogP contribution in [-0.4, -0.2) is 24.3 Å². The Hall–Kier alpha value is -2.69. The van der Waals surface area contributed by atoms with Crippen molar-refractivity contribution in [3.05, 3.63) is 54.1 Å². The summed E-state index contributed by atoms with van der Waals surface area (Å²) in [7, 11) is 0. The van der Waals surface area contributed by atoms with Crippen molar-refractivity contribution in [1.82, 2.24) is 0 Å². The predicted molar refractivity (Wildman–Crippen MR) is 79.9 cm³/mol. The Morgan fingerprint density at radius 1 is 1.00 bits per heavy atom. The van der Waals surface area contributed by atoms with Crippen molar-refractivity contribution in [2.45, 2.75) is 6.42 Å². The number of anilines is 1. The second kappa shape index (κ2) is 7.19. The first-order valence-electron chi connectivity index (χ1n) is 6.60. The number of nitrogens with two attached hydrogens (primary N) is 1. The van der Waals surface area contributed by atoms with Crippen LogP contribution in [-0.2, 0) is 0 Å². The van der Waals surface area contributed by atoms with Crippen molar-refractivity contribution < 1.29 is 19.4 Å². The van der Waals surface area contributed by atoms with Crippen molar-refractivity contribution in [2.75, 3.05) is 18.9 Å².